The highest BCUT2D eigenvalue weighted by atomic mass is 32.1. The summed E-state index contributed by atoms with van der Waals surface area (Å²) in [6.07, 6.45) is 2.93. The molecule has 1 N–H and O–H groups in total. The smallest absolute Gasteiger partial charge is 0.138 e. The minimum atomic E-state index is 0.618. The zero-order chi connectivity index (χ0) is 12.6. The van der Waals surface area contributed by atoms with E-state index in [9.17, 15) is 0 Å². The van der Waals surface area contributed by atoms with E-state index in [2.05, 4.69) is 28.7 Å². The summed E-state index contributed by atoms with van der Waals surface area (Å²) in [4.78, 5) is 5.59. The summed E-state index contributed by atoms with van der Waals surface area (Å²) in [6.45, 7) is 4.62. The van der Waals surface area contributed by atoms with Crippen molar-refractivity contribution in [3.63, 3.8) is 0 Å². The number of thiophene rings is 1. The second-order valence-corrected chi connectivity index (χ2v) is 5.06. The molecule has 0 saturated carbocycles. The molecule has 2 rings (SSSR count). The topological polar surface area (TPSA) is 34.1 Å². The molecular formula is C14H18N2OS. The maximum atomic E-state index is 5.66. The van der Waals surface area contributed by atoms with Gasteiger partial charge in [-0.2, -0.15) is 0 Å². The molecule has 0 atom stereocenters. The highest BCUT2D eigenvalue weighted by Gasteiger charge is 1.98. The van der Waals surface area contributed by atoms with E-state index >= 15 is 0 Å². The molecule has 0 aliphatic rings. The fourth-order valence-corrected chi connectivity index (χ4v) is 2.16. The zero-order valence-corrected chi connectivity index (χ0v) is 11.4. The van der Waals surface area contributed by atoms with Crippen molar-refractivity contribution in [1.82, 2.24) is 10.3 Å². The van der Waals surface area contributed by atoms with Gasteiger partial charge in [-0.15, -0.1) is 11.3 Å². The molecule has 0 unspecified atom stereocenters. The van der Waals surface area contributed by atoms with Crippen LogP contribution < -0.4 is 10.1 Å². The first-order chi connectivity index (χ1) is 8.88. The average molecular weight is 262 g/mol. The summed E-state index contributed by atoms with van der Waals surface area (Å²) in [5, 5.41) is 5.38. The van der Waals surface area contributed by atoms with Gasteiger partial charge in [0.25, 0.3) is 0 Å². The Balaban J connectivity index is 1.80. The Morgan fingerprint density at radius 1 is 1.33 bits per heavy atom. The molecule has 2 aromatic rings. The summed E-state index contributed by atoms with van der Waals surface area (Å²) < 4.78 is 5.66. The zero-order valence-electron chi connectivity index (χ0n) is 10.6. The van der Waals surface area contributed by atoms with Crippen molar-refractivity contribution in [3.8, 4) is 5.75 Å². The second-order valence-electron chi connectivity index (χ2n) is 4.03. The Morgan fingerprint density at radius 2 is 2.28 bits per heavy atom. The Hall–Kier alpha value is -1.39. The Labute approximate surface area is 112 Å². The van der Waals surface area contributed by atoms with Gasteiger partial charge in [0, 0.05) is 11.4 Å². The van der Waals surface area contributed by atoms with Gasteiger partial charge < -0.3 is 10.1 Å². The van der Waals surface area contributed by atoms with Gasteiger partial charge in [0.05, 0.1) is 11.9 Å². The summed E-state index contributed by atoms with van der Waals surface area (Å²) in [6, 6.07) is 8.08. The molecule has 0 aromatic carbocycles. The average Bonchev–Trinajstić information content (AvgIpc) is 2.91. The lowest BCUT2D eigenvalue weighted by molar-refractivity contribution is 0.308. The number of nitrogens with zero attached hydrogens (tertiary/aromatic N) is 1. The normalized spacial score (nSPS) is 10.5. The first kappa shape index (κ1) is 13.1. The predicted molar refractivity (Wildman–Crippen MR) is 74.9 cm³/mol. The van der Waals surface area contributed by atoms with E-state index < -0.39 is 0 Å². The van der Waals surface area contributed by atoms with Crippen LogP contribution in [0.4, 0.5) is 0 Å². The van der Waals surface area contributed by atoms with Crippen molar-refractivity contribution in [3.05, 3.63) is 46.4 Å². The lowest BCUT2D eigenvalue weighted by Crippen LogP contribution is -2.14. The van der Waals surface area contributed by atoms with E-state index in [1.165, 1.54) is 4.88 Å². The van der Waals surface area contributed by atoms with Crippen molar-refractivity contribution in [1.29, 1.82) is 0 Å². The van der Waals surface area contributed by atoms with Gasteiger partial charge in [-0.05, 0) is 36.5 Å². The molecule has 0 radical (unpaired) electrons. The van der Waals surface area contributed by atoms with Crippen LogP contribution in [-0.2, 0) is 13.2 Å². The molecule has 0 aliphatic carbocycles. The van der Waals surface area contributed by atoms with Crippen molar-refractivity contribution < 1.29 is 4.74 Å². The molecule has 3 nitrogen and oxygen atoms in total. The van der Waals surface area contributed by atoms with Gasteiger partial charge in [0.15, 0.2) is 0 Å². The van der Waals surface area contributed by atoms with E-state index in [4.69, 9.17) is 4.74 Å². The molecule has 0 bridgehead atoms. The van der Waals surface area contributed by atoms with E-state index in [1.54, 1.807) is 17.5 Å². The van der Waals surface area contributed by atoms with Gasteiger partial charge in [-0.3, -0.25) is 4.98 Å². The molecule has 4 heteroatoms. The molecule has 0 amide bonds. The van der Waals surface area contributed by atoms with Gasteiger partial charge in [0.2, 0.25) is 0 Å². The first-order valence-electron chi connectivity index (χ1n) is 6.19. The highest BCUT2D eigenvalue weighted by molar-refractivity contribution is 7.09. The van der Waals surface area contributed by atoms with E-state index in [0.717, 1.165) is 31.0 Å². The lowest BCUT2D eigenvalue weighted by Gasteiger charge is -2.06. The largest absolute Gasteiger partial charge is 0.486 e. The molecule has 18 heavy (non-hydrogen) atoms. The van der Waals surface area contributed by atoms with Crippen molar-refractivity contribution in [2.45, 2.75) is 26.5 Å². The minimum absolute atomic E-state index is 0.618. The molecule has 2 heterocycles. The summed E-state index contributed by atoms with van der Waals surface area (Å²) >= 11 is 1.70. The van der Waals surface area contributed by atoms with Gasteiger partial charge in [-0.25, -0.2) is 0 Å². The first-order valence-corrected chi connectivity index (χ1v) is 7.07. The minimum Gasteiger partial charge on any atom is -0.486 e. The molecular weight excluding hydrogens is 244 g/mol. The quantitative estimate of drug-likeness (QED) is 0.778. The van der Waals surface area contributed by atoms with E-state index in [0.29, 0.717) is 6.61 Å². The maximum absolute atomic E-state index is 5.66. The van der Waals surface area contributed by atoms with Crippen LogP contribution >= 0.6 is 11.3 Å². The Kier molecular flexibility index (Phi) is 5.17. The Morgan fingerprint density at radius 3 is 2.94 bits per heavy atom. The highest BCUT2D eigenvalue weighted by Crippen LogP contribution is 2.14. The number of nitrogens with one attached hydrogen (secondary N) is 1. The van der Waals surface area contributed by atoms with Gasteiger partial charge >= 0.3 is 0 Å². The van der Waals surface area contributed by atoms with Crippen LogP contribution in [0, 0.1) is 0 Å². The molecule has 2 aromatic heterocycles. The van der Waals surface area contributed by atoms with Crippen LogP contribution in [0.5, 0.6) is 5.75 Å². The summed E-state index contributed by atoms with van der Waals surface area (Å²) in [5.74, 6) is 0.822. The standard InChI is InChI=1S/C14H18N2OS/c1-2-7-15-9-12-5-6-13(10-16-12)17-11-14-4-3-8-18-14/h3-6,8,10,15H,2,7,9,11H2,1H3. The van der Waals surface area contributed by atoms with Crippen LogP contribution in [-0.4, -0.2) is 11.5 Å². The van der Waals surface area contributed by atoms with Gasteiger partial charge in [-0.1, -0.05) is 13.0 Å². The van der Waals surface area contributed by atoms with Crippen molar-refractivity contribution >= 4 is 11.3 Å². The van der Waals surface area contributed by atoms with Crippen LogP contribution in [0.15, 0.2) is 35.8 Å². The molecule has 0 spiro atoms. The Bertz CT molecular complexity index is 439. The fourth-order valence-electron chi connectivity index (χ4n) is 1.54. The number of hydrogen-bond acceptors (Lipinski definition) is 4. The SMILES string of the molecule is CCCNCc1ccc(OCc2cccs2)cn1. The summed E-state index contributed by atoms with van der Waals surface area (Å²) in [7, 11) is 0. The maximum Gasteiger partial charge on any atom is 0.138 e. The molecule has 0 aliphatic heterocycles. The number of ether oxygens (including phenoxy) is 1. The van der Waals surface area contributed by atoms with Crippen LogP contribution in [0.3, 0.4) is 0 Å². The second kappa shape index (κ2) is 7.13. The third kappa shape index (κ3) is 4.13. The lowest BCUT2D eigenvalue weighted by atomic mass is 10.3. The monoisotopic (exact) mass is 262 g/mol. The molecule has 96 valence electrons. The number of pyridine rings is 1. The predicted octanol–water partition coefficient (Wildman–Crippen LogP) is 3.22. The van der Waals surface area contributed by atoms with Crippen LogP contribution in [0.25, 0.3) is 0 Å². The third-order valence-corrected chi connectivity index (χ3v) is 3.34. The number of hydrogen-bond donors (Lipinski definition) is 1. The van der Waals surface area contributed by atoms with E-state index in [-0.39, 0.29) is 0 Å². The third-order valence-electron chi connectivity index (χ3n) is 2.49. The van der Waals surface area contributed by atoms with Crippen molar-refractivity contribution in [2.75, 3.05) is 6.54 Å². The summed E-state index contributed by atoms with van der Waals surface area (Å²) in [5.41, 5.74) is 1.05. The fraction of sp³-hybridized carbons (Fsp3) is 0.357. The van der Waals surface area contributed by atoms with Crippen molar-refractivity contribution in [2.24, 2.45) is 0 Å². The van der Waals surface area contributed by atoms with Gasteiger partial charge in [0.1, 0.15) is 12.4 Å². The molecule has 0 fully saturated rings. The van der Waals surface area contributed by atoms with Crippen LogP contribution in [0.2, 0.25) is 0 Å². The number of aromatic nitrogens is 1. The molecule has 0 saturated heterocycles. The van der Waals surface area contributed by atoms with E-state index in [1.807, 2.05) is 18.2 Å². The number of rotatable bonds is 7. The van der Waals surface area contributed by atoms with Crippen LogP contribution in [0.1, 0.15) is 23.9 Å².